The lowest BCUT2D eigenvalue weighted by atomic mass is 10.2. The quantitative estimate of drug-likeness (QED) is 0.816. The third-order valence-corrected chi connectivity index (χ3v) is 4.17. The van der Waals surface area contributed by atoms with Crippen LogP contribution in [0, 0.1) is 0 Å². The zero-order valence-corrected chi connectivity index (χ0v) is 11.2. The Hall–Kier alpha value is -1.86. The van der Waals surface area contributed by atoms with Gasteiger partial charge in [-0.05, 0) is 18.2 Å². The molecule has 6 nitrogen and oxygen atoms in total. The van der Waals surface area contributed by atoms with Crippen LogP contribution in [-0.2, 0) is 14.8 Å². The fourth-order valence-electron chi connectivity index (χ4n) is 1.67. The maximum Gasteiger partial charge on any atom is 0.264 e. The highest BCUT2D eigenvalue weighted by molar-refractivity contribution is 7.89. The molecule has 2 rings (SSSR count). The summed E-state index contributed by atoms with van der Waals surface area (Å²) in [5.74, 6) is 0.269. The minimum absolute atomic E-state index is 0.0374. The van der Waals surface area contributed by atoms with E-state index < -0.39 is 10.0 Å². The van der Waals surface area contributed by atoms with Gasteiger partial charge in [0.25, 0.3) is 5.91 Å². The number of ether oxygens (including phenoxy) is 1. The molecule has 0 unspecified atom stereocenters. The summed E-state index contributed by atoms with van der Waals surface area (Å²) >= 11 is 0. The van der Waals surface area contributed by atoms with E-state index in [1.54, 1.807) is 13.1 Å². The first-order chi connectivity index (χ1) is 8.95. The molecule has 0 bridgehead atoms. The van der Waals surface area contributed by atoms with E-state index in [-0.39, 0.29) is 24.0 Å². The second-order valence-corrected chi connectivity index (χ2v) is 5.78. The molecule has 0 spiro atoms. The summed E-state index contributed by atoms with van der Waals surface area (Å²) < 4.78 is 31.5. The van der Waals surface area contributed by atoms with Gasteiger partial charge in [0.1, 0.15) is 5.75 Å². The maximum absolute atomic E-state index is 12.0. The molecule has 1 N–H and O–H groups in total. The van der Waals surface area contributed by atoms with E-state index >= 15 is 0 Å². The lowest BCUT2D eigenvalue weighted by Crippen LogP contribution is -2.35. The number of fused-ring (bicyclic) bond motifs is 1. The minimum atomic E-state index is -3.61. The van der Waals surface area contributed by atoms with Gasteiger partial charge < -0.3 is 9.64 Å². The first-order valence-electron chi connectivity index (χ1n) is 5.59. The summed E-state index contributed by atoms with van der Waals surface area (Å²) in [4.78, 5) is 13.0. The highest BCUT2D eigenvalue weighted by atomic mass is 32.2. The van der Waals surface area contributed by atoms with Crippen molar-refractivity contribution in [2.75, 3.05) is 25.1 Å². The summed E-state index contributed by atoms with van der Waals surface area (Å²) in [6.07, 6.45) is 1.45. The summed E-state index contributed by atoms with van der Waals surface area (Å²) in [7, 11) is -2.03. The summed E-state index contributed by atoms with van der Waals surface area (Å²) in [5.41, 5.74) is 0.442. The largest absolute Gasteiger partial charge is 0.482 e. The molecule has 0 atom stereocenters. The molecule has 1 heterocycles. The SMILES string of the molecule is C=CCNS(=O)(=O)c1ccc2c(c1)N(C)C(=O)CO2. The van der Waals surface area contributed by atoms with Crippen molar-refractivity contribution in [2.45, 2.75) is 4.90 Å². The Morgan fingerprint density at radius 2 is 2.26 bits per heavy atom. The number of benzene rings is 1. The lowest BCUT2D eigenvalue weighted by Gasteiger charge is -2.26. The van der Waals surface area contributed by atoms with Crippen molar-refractivity contribution in [3.8, 4) is 5.75 Å². The number of carbonyl (C=O) groups excluding carboxylic acids is 1. The Balaban J connectivity index is 2.40. The van der Waals surface area contributed by atoms with Crippen molar-refractivity contribution < 1.29 is 17.9 Å². The Bertz CT molecular complexity index is 625. The monoisotopic (exact) mass is 282 g/mol. The molecule has 0 aliphatic carbocycles. The van der Waals surface area contributed by atoms with E-state index in [0.29, 0.717) is 11.4 Å². The van der Waals surface area contributed by atoms with Crippen LogP contribution in [0.3, 0.4) is 0 Å². The molecule has 7 heteroatoms. The molecule has 1 amide bonds. The first-order valence-corrected chi connectivity index (χ1v) is 7.08. The van der Waals surface area contributed by atoms with E-state index in [1.807, 2.05) is 0 Å². The average Bonchev–Trinajstić information content (AvgIpc) is 2.40. The van der Waals surface area contributed by atoms with Crippen LogP contribution < -0.4 is 14.4 Å². The van der Waals surface area contributed by atoms with E-state index in [9.17, 15) is 13.2 Å². The van der Waals surface area contributed by atoms with Crippen LogP contribution in [-0.4, -0.2) is 34.5 Å². The molecule has 102 valence electrons. The van der Waals surface area contributed by atoms with E-state index in [0.717, 1.165) is 0 Å². The van der Waals surface area contributed by atoms with E-state index in [2.05, 4.69) is 11.3 Å². The second kappa shape index (κ2) is 5.02. The van der Waals surface area contributed by atoms with Crippen LogP contribution in [0.2, 0.25) is 0 Å². The number of nitrogens with zero attached hydrogens (tertiary/aromatic N) is 1. The normalized spacial score (nSPS) is 14.8. The van der Waals surface area contributed by atoms with Crippen molar-refractivity contribution in [3.63, 3.8) is 0 Å². The maximum atomic E-state index is 12.0. The van der Waals surface area contributed by atoms with Crippen molar-refractivity contribution in [3.05, 3.63) is 30.9 Å². The molecule has 19 heavy (non-hydrogen) atoms. The summed E-state index contributed by atoms with van der Waals surface area (Å²) in [5, 5.41) is 0. The summed E-state index contributed by atoms with van der Waals surface area (Å²) in [6, 6.07) is 4.40. The number of amides is 1. The third-order valence-electron chi connectivity index (χ3n) is 2.74. The standard InChI is InChI=1S/C12H14N2O4S/c1-3-6-13-19(16,17)9-4-5-11-10(7-9)14(2)12(15)8-18-11/h3-5,7,13H,1,6,8H2,2H3. The van der Waals surface area contributed by atoms with Crippen LogP contribution in [0.25, 0.3) is 0 Å². The molecule has 1 aromatic carbocycles. The number of nitrogens with one attached hydrogen (secondary N) is 1. The Kier molecular flexibility index (Phi) is 3.59. The number of carbonyl (C=O) groups is 1. The molecule has 0 fully saturated rings. The van der Waals surface area contributed by atoms with Crippen LogP contribution in [0.5, 0.6) is 5.75 Å². The van der Waals surface area contributed by atoms with Crippen molar-refractivity contribution in [2.24, 2.45) is 0 Å². The number of hydrogen-bond donors (Lipinski definition) is 1. The highest BCUT2D eigenvalue weighted by Crippen LogP contribution is 2.33. The minimum Gasteiger partial charge on any atom is -0.482 e. The molecule has 1 aromatic rings. The van der Waals surface area contributed by atoms with Crippen molar-refractivity contribution in [1.29, 1.82) is 0 Å². The molecule has 0 saturated heterocycles. The fourth-order valence-corrected chi connectivity index (χ4v) is 2.69. The average molecular weight is 282 g/mol. The van der Waals surface area contributed by atoms with Crippen LogP contribution in [0.15, 0.2) is 35.7 Å². The number of anilines is 1. The van der Waals surface area contributed by atoms with Gasteiger partial charge >= 0.3 is 0 Å². The van der Waals surface area contributed by atoms with Crippen molar-refractivity contribution in [1.82, 2.24) is 4.72 Å². The molecule has 0 saturated carbocycles. The van der Waals surface area contributed by atoms with Gasteiger partial charge in [-0.3, -0.25) is 4.79 Å². The molecule has 0 radical (unpaired) electrons. The van der Waals surface area contributed by atoms with Crippen molar-refractivity contribution >= 4 is 21.6 Å². The van der Waals surface area contributed by atoms with Crippen LogP contribution in [0.4, 0.5) is 5.69 Å². The van der Waals surface area contributed by atoms with Gasteiger partial charge in [0.15, 0.2) is 6.61 Å². The lowest BCUT2D eigenvalue weighted by molar-refractivity contribution is -0.120. The number of hydrogen-bond acceptors (Lipinski definition) is 4. The molecule has 1 aliphatic rings. The van der Waals surface area contributed by atoms with Gasteiger partial charge in [-0.1, -0.05) is 6.08 Å². The van der Waals surface area contributed by atoms with Gasteiger partial charge in [0, 0.05) is 13.6 Å². The van der Waals surface area contributed by atoms with Gasteiger partial charge in [-0.15, -0.1) is 6.58 Å². The van der Waals surface area contributed by atoms with Crippen LogP contribution >= 0.6 is 0 Å². The zero-order chi connectivity index (χ0) is 14.0. The van der Waals surface area contributed by atoms with Gasteiger partial charge in [-0.25, -0.2) is 13.1 Å². The fraction of sp³-hybridized carbons (Fsp3) is 0.250. The predicted molar refractivity (Wildman–Crippen MR) is 70.7 cm³/mol. The first kappa shape index (κ1) is 13.6. The van der Waals surface area contributed by atoms with Gasteiger partial charge in [0.05, 0.1) is 10.6 Å². The Morgan fingerprint density at radius 3 is 2.95 bits per heavy atom. The molecule has 1 aliphatic heterocycles. The molecular weight excluding hydrogens is 268 g/mol. The van der Waals surface area contributed by atoms with E-state index in [4.69, 9.17) is 4.74 Å². The highest BCUT2D eigenvalue weighted by Gasteiger charge is 2.24. The zero-order valence-electron chi connectivity index (χ0n) is 10.4. The predicted octanol–water partition coefficient (Wildman–Crippen LogP) is 0.506. The second-order valence-electron chi connectivity index (χ2n) is 4.01. The van der Waals surface area contributed by atoms with Gasteiger partial charge in [0.2, 0.25) is 10.0 Å². The van der Waals surface area contributed by atoms with Crippen LogP contribution in [0.1, 0.15) is 0 Å². The number of rotatable bonds is 4. The molecule has 0 aromatic heterocycles. The topological polar surface area (TPSA) is 75.7 Å². The molecular formula is C12H14N2O4S. The van der Waals surface area contributed by atoms with Gasteiger partial charge in [-0.2, -0.15) is 0 Å². The summed E-state index contributed by atoms with van der Waals surface area (Å²) in [6.45, 7) is 3.56. The Morgan fingerprint density at radius 1 is 1.53 bits per heavy atom. The third kappa shape index (κ3) is 2.61. The van der Waals surface area contributed by atoms with E-state index in [1.165, 1.54) is 23.1 Å². The smallest absolute Gasteiger partial charge is 0.264 e. The Labute approximate surface area is 111 Å². The number of sulfonamides is 1. The number of likely N-dealkylation sites (N-methyl/N-ethyl adjacent to an activating group) is 1.